The summed E-state index contributed by atoms with van der Waals surface area (Å²) in [6, 6.07) is 5.30. The van der Waals surface area contributed by atoms with Gasteiger partial charge in [0.15, 0.2) is 0 Å². The van der Waals surface area contributed by atoms with E-state index >= 15 is 0 Å². The molecule has 0 aliphatic heterocycles. The minimum absolute atomic E-state index is 0.144. The normalized spacial score (nSPS) is 13.6. The molecule has 0 radical (unpaired) electrons. The standard InChI is InChI=1S/C15H23BrFNO/c1-5-15(6-2,19-4)13(18-3)10-11-8-7-9-12(17)14(11)16/h7-9,13,18H,5-6,10H2,1-4H3. The molecule has 19 heavy (non-hydrogen) atoms. The first-order chi connectivity index (χ1) is 9.04. The molecular formula is C15H23BrFNO. The number of likely N-dealkylation sites (N-methyl/N-ethyl adjacent to an activating group) is 1. The monoisotopic (exact) mass is 331 g/mol. The highest BCUT2D eigenvalue weighted by Crippen LogP contribution is 2.29. The van der Waals surface area contributed by atoms with Crippen molar-refractivity contribution in [1.29, 1.82) is 0 Å². The van der Waals surface area contributed by atoms with Gasteiger partial charge < -0.3 is 10.1 Å². The zero-order chi connectivity index (χ0) is 14.5. The summed E-state index contributed by atoms with van der Waals surface area (Å²) in [5, 5.41) is 3.32. The van der Waals surface area contributed by atoms with Crippen molar-refractivity contribution in [3.8, 4) is 0 Å². The second-order valence-corrected chi connectivity index (χ2v) is 5.53. The number of ether oxygens (including phenoxy) is 1. The van der Waals surface area contributed by atoms with Gasteiger partial charge in [-0.15, -0.1) is 0 Å². The van der Waals surface area contributed by atoms with Crippen LogP contribution in [0.15, 0.2) is 22.7 Å². The van der Waals surface area contributed by atoms with Crippen molar-refractivity contribution in [3.05, 3.63) is 34.1 Å². The van der Waals surface area contributed by atoms with E-state index in [1.807, 2.05) is 13.1 Å². The molecular weight excluding hydrogens is 309 g/mol. The fraction of sp³-hybridized carbons (Fsp3) is 0.600. The molecule has 1 aromatic rings. The molecule has 0 spiro atoms. The van der Waals surface area contributed by atoms with Gasteiger partial charge in [-0.1, -0.05) is 26.0 Å². The quantitative estimate of drug-likeness (QED) is 0.817. The maximum Gasteiger partial charge on any atom is 0.137 e. The lowest BCUT2D eigenvalue weighted by Gasteiger charge is -2.38. The first kappa shape index (κ1) is 16.6. The summed E-state index contributed by atoms with van der Waals surface area (Å²) in [5.41, 5.74) is 0.739. The molecule has 0 aromatic heterocycles. The van der Waals surface area contributed by atoms with Gasteiger partial charge in [0.2, 0.25) is 0 Å². The lowest BCUT2D eigenvalue weighted by molar-refractivity contribution is -0.0455. The van der Waals surface area contributed by atoms with Crippen molar-refractivity contribution >= 4 is 15.9 Å². The van der Waals surface area contributed by atoms with E-state index in [4.69, 9.17) is 4.74 Å². The molecule has 2 nitrogen and oxygen atoms in total. The number of nitrogens with one attached hydrogen (secondary N) is 1. The Bertz CT molecular complexity index is 399. The molecule has 1 atom stereocenters. The second-order valence-electron chi connectivity index (χ2n) is 4.73. The van der Waals surface area contributed by atoms with Crippen molar-refractivity contribution in [2.75, 3.05) is 14.2 Å². The molecule has 0 aliphatic rings. The third-order valence-electron chi connectivity index (χ3n) is 4.04. The summed E-state index contributed by atoms with van der Waals surface area (Å²) in [5.74, 6) is -0.219. The number of benzene rings is 1. The van der Waals surface area contributed by atoms with Gasteiger partial charge in [0.05, 0.1) is 10.1 Å². The van der Waals surface area contributed by atoms with E-state index in [1.54, 1.807) is 13.2 Å². The maximum absolute atomic E-state index is 13.6. The van der Waals surface area contributed by atoms with Gasteiger partial charge in [-0.3, -0.25) is 0 Å². The Morgan fingerprint density at radius 1 is 1.37 bits per heavy atom. The summed E-state index contributed by atoms with van der Waals surface area (Å²) < 4.78 is 19.9. The van der Waals surface area contributed by atoms with E-state index < -0.39 is 0 Å². The largest absolute Gasteiger partial charge is 0.377 e. The van der Waals surface area contributed by atoms with Crippen LogP contribution in [-0.4, -0.2) is 25.8 Å². The molecule has 0 aliphatic carbocycles. The molecule has 1 aromatic carbocycles. The average molecular weight is 332 g/mol. The molecule has 108 valence electrons. The van der Waals surface area contributed by atoms with E-state index in [0.717, 1.165) is 24.8 Å². The number of hydrogen-bond acceptors (Lipinski definition) is 2. The van der Waals surface area contributed by atoms with Crippen LogP contribution in [-0.2, 0) is 11.2 Å². The SMILES string of the molecule is CCC(CC)(OC)C(Cc1cccc(F)c1Br)NC. The molecule has 0 fully saturated rings. The van der Waals surface area contributed by atoms with E-state index in [-0.39, 0.29) is 17.5 Å². The van der Waals surface area contributed by atoms with E-state index in [0.29, 0.717) is 4.47 Å². The van der Waals surface area contributed by atoms with Crippen LogP contribution < -0.4 is 5.32 Å². The second kappa shape index (κ2) is 7.36. The van der Waals surface area contributed by atoms with Gasteiger partial charge in [0.25, 0.3) is 0 Å². The Morgan fingerprint density at radius 3 is 2.47 bits per heavy atom. The fourth-order valence-electron chi connectivity index (χ4n) is 2.65. The Hall–Kier alpha value is -0.450. The zero-order valence-corrected chi connectivity index (χ0v) is 13.7. The third kappa shape index (κ3) is 3.56. The lowest BCUT2D eigenvalue weighted by atomic mass is 9.84. The summed E-state index contributed by atoms with van der Waals surface area (Å²) in [6.07, 6.45) is 2.56. The van der Waals surface area contributed by atoms with E-state index in [2.05, 4.69) is 35.1 Å². The van der Waals surface area contributed by atoms with Crippen LogP contribution in [0.5, 0.6) is 0 Å². The van der Waals surface area contributed by atoms with E-state index in [1.165, 1.54) is 6.07 Å². The van der Waals surface area contributed by atoms with Crippen LogP contribution >= 0.6 is 15.9 Å². The molecule has 0 bridgehead atoms. The summed E-state index contributed by atoms with van der Waals surface area (Å²) in [7, 11) is 3.68. The molecule has 4 heteroatoms. The van der Waals surface area contributed by atoms with E-state index in [9.17, 15) is 4.39 Å². The Balaban J connectivity index is 3.02. The minimum Gasteiger partial charge on any atom is -0.377 e. The van der Waals surface area contributed by atoms with Gasteiger partial charge >= 0.3 is 0 Å². The number of methoxy groups -OCH3 is 1. The number of hydrogen-bond donors (Lipinski definition) is 1. The molecule has 0 amide bonds. The van der Waals surface area contributed by atoms with Crippen molar-refractivity contribution in [2.45, 2.75) is 44.8 Å². The zero-order valence-electron chi connectivity index (χ0n) is 12.1. The van der Waals surface area contributed by atoms with Crippen LogP contribution in [0.4, 0.5) is 4.39 Å². The van der Waals surface area contributed by atoms with Gasteiger partial charge in [-0.2, -0.15) is 0 Å². The topological polar surface area (TPSA) is 21.3 Å². The maximum atomic E-state index is 13.6. The number of rotatable bonds is 7. The molecule has 1 unspecified atom stereocenters. The summed E-state index contributed by atoms with van der Waals surface area (Å²) >= 11 is 3.33. The smallest absolute Gasteiger partial charge is 0.137 e. The predicted octanol–water partition coefficient (Wildman–Crippen LogP) is 3.92. The highest BCUT2D eigenvalue weighted by molar-refractivity contribution is 9.10. The Labute approximate surface area is 123 Å². The van der Waals surface area contributed by atoms with Crippen LogP contribution in [0.1, 0.15) is 32.3 Å². The van der Waals surface area contributed by atoms with Gasteiger partial charge in [0, 0.05) is 13.2 Å². The minimum atomic E-state index is -0.222. The summed E-state index contributed by atoms with van der Waals surface area (Å²) in [4.78, 5) is 0. The number of halogens is 2. The average Bonchev–Trinajstić information content (AvgIpc) is 2.44. The molecule has 0 heterocycles. The Kier molecular flexibility index (Phi) is 6.43. The Morgan fingerprint density at radius 2 is 2.00 bits per heavy atom. The molecule has 1 N–H and O–H groups in total. The molecule has 0 saturated heterocycles. The van der Waals surface area contributed by atoms with Crippen molar-refractivity contribution in [1.82, 2.24) is 5.32 Å². The van der Waals surface area contributed by atoms with Gasteiger partial charge in [0.1, 0.15) is 5.82 Å². The van der Waals surface area contributed by atoms with Crippen molar-refractivity contribution < 1.29 is 9.13 Å². The summed E-state index contributed by atoms with van der Waals surface area (Å²) in [6.45, 7) is 4.25. The van der Waals surface area contributed by atoms with Gasteiger partial charge in [-0.05, 0) is 53.9 Å². The fourth-order valence-corrected chi connectivity index (χ4v) is 3.08. The first-order valence-electron chi connectivity index (χ1n) is 6.69. The van der Waals surface area contributed by atoms with Crippen molar-refractivity contribution in [2.24, 2.45) is 0 Å². The molecule has 0 saturated carbocycles. The van der Waals surface area contributed by atoms with Crippen molar-refractivity contribution in [3.63, 3.8) is 0 Å². The highest BCUT2D eigenvalue weighted by Gasteiger charge is 2.35. The van der Waals surface area contributed by atoms with Crippen LogP contribution in [0.3, 0.4) is 0 Å². The van der Waals surface area contributed by atoms with Crippen LogP contribution in [0, 0.1) is 5.82 Å². The van der Waals surface area contributed by atoms with Crippen LogP contribution in [0.2, 0.25) is 0 Å². The first-order valence-corrected chi connectivity index (χ1v) is 7.49. The third-order valence-corrected chi connectivity index (χ3v) is 4.93. The van der Waals surface area contributed by atoms with Gasteiger partial charge in [-0.25, -0.2) is 4.39 Å². The lowest BCUT2D eigenvalue weighted by Crippen LogP contribution is -2.51. The predicted molar refractivity (Wildman–Crippen MR) is 81.0 cm³/mol. The molecule has 1 rings (SSSR count). The van der Waals surface area contributed by atoms with Crippen LogP contribution in [0.25, 0.3) is 0 Å². The highest BCUT2D eigenvalue weighted by atomic mass is 79.9.